The van der Waals surface area contributed by atoms with E-state index in [9.17, 15) is 85.6 Å². The number of nitrogens with zero attached hydrogens (tertiary/aromatic N) is 1. The fourth-order valence-corrected chi connectivity index (χ4v) is 7.80. The van der Waals surface area contributed by atoms with E-state index in [4.69, 9.17) is 37.9 Å². The molecule has 0 aromatic carbocycles. The maximum absolute atomic E-state index is 13.2. The number of amides is 3. The molecule has 4 aliphatic heterocycles. The third kappa shape index (κ3) is 17.1. The first-order chi connectivity index (χ1) is 33.2. The normalized spacial score (nSPS) is 38.0. The number of rotatable bonds is 27. The van der Waals surface area contributed by atoms with Gasteiger partial charge in [-0.1, -0.05) is 6.42 Å². The first-order valence-corrected chi connectivity index (χ1v) is 23.0. The molecular formula is C41H72N4O25. The van der Waals surface area contributed by atoms with Gasteiger partial charge in [0.2, 0.25) is 17.7 Å². The Balaban J connectivity index is 1.36. The van der Waals surface area contributed by atoms with Crippen LogP contribution in [0.2, 0.25) is 0 Å². The van der Waals surface area contributed by atoms with Crippen molar-refractivity contribution in [3.63, 3.8) is 0 Å². The van der Waals surface area contributed by atoms with Crippen molar-refractivity contribution in [2.75, 3.05) is 72.3 Å². The molecule has 4 rings (SSSR count). The van der Waals surface area contributed by atoms with Crippen LogP contribution < -0.4 is 16.0 Å². The Labute approximate surface area is 402 Å². The molecule has 406 valence electrons. The molecule has 0 aliphatic carbocycles. The molecular weight excluding hydrogens is 948 g/mol. The Morgan fingerprint density at radius 1 is 0.486 bits per heavy atom. The van der Waals surface area contributed by atoms with Gasteiger partial charge in [0.05, 0.1) is 58.8 Å². The SMILES string of the molecule is CC(=O)CCCCCNC(=O)CN(CC(=O)NCCO[C@@H]1O[C@@H](C)[C@@H](O)[C@@H](O)[C@@H]1O)CC(=O)NCCO[C@@H]1O[C@H](CO[C@H]2O[C@H](CO)[C@@H](O)[C@H](O)[C@@H]2O)[C@@H](O)[C@H](O[C@H]2O[C@H](CO)[C@@H](O)[C@H](O)[C@@H]2O)[C@@H]1O. The zero-order valence-corrected chi connectivity index (χ0v) is 38.8. The van der Waals surface area contributed by atoms with Crippen LogP contribution in [0, 0.1) is 0 Å². The molecule has 29 nitrogen and oxygen atoms in total. The Kier molecular flexibility index (Phi) is 24.9. The molecule has 4 fully saturated rings. The highest BCUT2D eigenvalue weighted by Crippen LogP contribution is 2.31. The smallest absolute Gasteiger partial charge is 0.234 e. The summed E-state index contributed by atoms with van der Waals surface area (Å²) in [6, 6.07) is 0. The van der Waals surface area contributed by atoms with Crippen LogP contribution in [0.5, 0.6) is 0 Å². The van der Waals surface area contributed by atoms with Gasteiger partial charge in [-0.2, -0.15) is 0 Å². The zero-order valence-electron chi connectivity index (χ0n) is 38.8. The molecule has 29 heteroatoms. The van der Waals surface area contributed by atoms with Crippen molar-refractivity contribution in [2.24, 2.45) is 0 Å². The lowest BCUT2D eigenvalue weighted by Crippen LogP contribution is -2.65. The van der Waals surface area contributed by atoms with Gasteiger partial charge >= 0.3 is 0 Å². The lowest BCUT2D eigenvalue weighted by atomic mass is 9.96. The van der Waals surface area contributed by atoms with E-state index in [0.29, 0.717) is 25.7 Å². The van der Waals surface area contributed by atoms with E-state index in [-0.39, 0.29) is 32.0 Å². The molecule has 0 aromatic rings. The molecule has 16 N–H and O–H groups in total. The number of ketones is 1. The summed E-state index contributed by atoms with van der Waals surface area (Å²) in [4.78, 5) is 51.5. The van der Waals surface area contributed by atoms with Crippen LogP contribution in [-0.2, 0) is 57.1 Å². The third-order valence-corrected chi connectivity index (χ3v) is 11.9. The Hall–Kier alpha value is -2.80. The minimum absolute atomic E-state index is 0.0439. The van der Waals surface area contributed by atoms with E-state index in [0.717, 1.165) is 0 Å². The maximum Gasteiger partial charge on any atom is 0.234 e. The minimum Gasteiger partial charge on any atom is -0.394 e. The van der Waals surface area contributed by atoms with E-state index in [2.05, 4.69) is 16.0 Å². The van der Waals surface area contributed by atoms with Crippen molar-refractivity contribution in [3.05, 3.63) is 0 Å². The lowest BCUT2D eigenvalue weighted by Gasteiger charge is -2.46. The summed E-state index contributed by atoms with van der Waals surface area (Å²) in [6.07, 6.45) is -30.7. The van der Waals surface area contributed by atoms with Crippen LogP contribution in [0.25, 0.3) is 0 Å². The number of ether oxygens (including phenoxy) is 8. The number of carbonyl (C=O) groups is 4. The fraction of sp³-hybridized carbons (Fsp3) is 0.902. The number of nitrogens with one attached hydrogen (secondary N) is 3. The highest BCUT2D eigenvalue weighted by molar-refractivity contribution is 5.84. The van der Waals surface area contributed by atoms with Gasteiger partial charge in [-0.15, -0.1) is 0 Å². The first kappa shape index (κ1) is 59.8. The van der Waals surface area contributed by atoms with E-state index >= 15 is 0 Å². The summed E-state index contributed by atoms with van der Waals surface area (Å²) in [5.74, 6) is -1.82. The molecule has 0 saturated carbocycles. The second-order valence-corrected chi connectivity index (χ2v) is 17.5. The van der Waals surface area contributed by atoms with Gasteiger partial charge in [0.1, 0.15) is 97.3 Å². The van der Waals surface area contributed by atoms with Crippen LogP contribution in [0.15, 0.2) is 0 Å². The number of hydrogen-bond donors (Lipinski definition) is 16. The van der Waals surface area contributed by atoms with Crippen LogP contribution in [0.1, 0.15) is 39.5 Å². The molecule has 0 radical (unpaired) electrons. The summed E-state index contributed by atoms with van der Waals surface area (Å²) in [5, 5.41) is 142. The van der Waals surface area contributed by atoms with Gasteiger partial charge in [0, 0.05) is 26.1 Å². The Bertz CT molecular complexity index is 1610. The van der Waals surface area contributed by atoms with Gasteiger partial charge in [-0.05, 0) is 26.7 Å². The number of Topliss-reactive ketones (excluding diaryl/α,β-unsaturated/α-hetero) is 1. The third-order valence-electron chi connectivity index (χ3n) is 11.9. The predicted molar refractivity (Wildman–Crippen MR) is 228 cm³/mol. The molecule has 20 atom stereocenters. The molecule has 3 amide bonds. The van der Waals surface area contributed by atoms with Crippen LogP contribution in [0.4, 0.5) is 0 Å². The van der Waals surface area contributed by atoms with E-state index < -0.39 is 187 Å². The summed E-state index contributed by atoms with van der Waals surface area (Å²) in [7, 11) is 0. The van der Waals surface area contributed by atoms with Crippen LogP contribution in [0.3, 0.4) is 0 Å². The van der Waals surface area contributed by atoms with Crippen molar-refractivity contribution < 1.29 is 123 Å². The summed E-state index contributed by atoms with van der Waals surface area (Å²) < 4.78 is 44.2. The van der Waals surface area contributed by atoms with Crippen LogP contribution >= 0.6 is 0 Å². The van der Waals surface area contributed by atoms with Crippen molar-refractivity contribution >= 4 is 23.5 Å². The van der Waals surface area contributed by atoms with Gasteiger partial charge in [-0.25, -0.2) is 0 Å². The monoisotopic (exact) mass is 1020 g/mol. The van der Waals surface area contributed by atoms with Gasteiger partial charge in [0.25, 0.3) is 0 Å². The van der Waals surface area contributed by atoms with E-state index in [1.807, 2.05) is 0 Å². The standard InChI is InChI=1S/C41H72N4O25/c1-18(48)6-4-3-5-7-42-23(49)12-45(13-24(50)43-8-10-63-38-33(59)30(56)26(52)19(2)66-38)14-25(51)44-9-11-64-40-36(62)37(70-41-35(61)32(58)28(54)21(16-47)68-41)29(55)22(69-40)17-65-39-34(60)31(57)27(53)20(15-46)67-39/h19-22,26-41,46-47,52-62H,3-17H2,1-2H3,(H,42,49)(H,43,50)(H,44,51)/t19-,20+,21+,22+,26+,27+,28+,29+,30+,31-,32-,33-,34-,35-,36-,37-,38+,39-,40+,41+/m0/s1. The number of aliphatic hydroxyl groups is 13. The van der Waals surface area contributed by atoms with Gasteiger partial charge in [0.15, 0.2) is 25.2 Å². The lowest BCUT2D eigenvalue weighted by molar-refractivity contribution is -0.366. The highest BCUT2D eigenvalue weighted by atomic mass is 16.8. The van der Waals surface area contributed by atoms with Crippen molar-refractivity contribution in [1.82, 2.24) is 20.9 Å². The number of aliphatic hydroxyl groups excluding tert-OH is 13. The maximum atomic E-state index is 13.2. The molecule has 0 aromatic heterocycles. The second kappa shape index (κ2) is 29.2. The number of unbranched alkanes of at least 4 members (excludes halogenated alkanes) is 2. The summed E-state index contributed by atoms with van der Waals surface area (Å²) in [5.41, 5.74) is 0. The molecule has 4 aliphatic rings. The Morgan fingerprint density at radius 3 is 1.44 bits per heavy atom. The van der Waals surface area contributed by atoms with Crippen LogP contribution in [-0.4, -0.2) is 290 Å². The molecule has 4 saturated heterocycles. The fourth-order valence-electron chi connectivity index (χ4n) is 7.80. The van der Waals surface area contributed by atoms with Crippen molar-refractivity contribution in [3.8, 4) is 0 Å². The predicted octanol–water partition coefficient (Wildman–Crippen LogP) is -9.90. The van der Waals surface area contributed by atoms with Gasteiger partial charge in [-0.3, -0.25) is 19.3 Å². The second-order valence-electron chi connectivity index (χ2n) is 17.5. The molecule has 0 unspecified atom stereocenters. The highest BCUT2D eigenvalue weighted by Gasteiger charge is 2.52. The topological polar surface area (TPSA) is 444 Å². The minimum atomic E-state index is -1.97. The largest absolute Gasteiger partial charge is 0.394 e. The molecule has 4 heterocycles. The average Bonchev–Trinajstić information content (AvgIpc) is 3.32. The first-order valence-electron chi connectivity index (χ1n) is 23.0. The summed E-state index contributed by atoms with van der Waals surface area (Å²) >= 11 is 0. The Morgan fingerprint density at radius 2 is 0.929 bits per heavy atom. The average molecular weight is 1020 g/mol. The van der Waals surface area contributed by atoms with Gasteiger partial charge < -0.3 is 125 Å². The number of hydrogen-bond acceptors (Lipinski definition) is 26. The quantitative estimate of drug-likeness (QED) is 0.0340. The van der Waals surface area contributed by atoms with E-state index in [1.54, 1.807) is 0 Å². The molecule has 70 heavy (non-hydrogen) atoms. The van der Waals surface area contributed by atoms with Crippen molar-refractivity contribution in [1.29, 1.82) is 0 Å². The number of carbonyl (C=O) groups excluding carboxylic acids is 4. The summed E-state index contributed by atoms with van der Waals surface area (Å²) in [6.45, 7) is -1.52. The molecule has 0 spiro atoms. The van der Waals surface area contributed by atoms with E-state index in [1.165, 1.54) is 18.7 Å². The molecule has 0 bridgehead atoms. The van der Waals surface area contributed by atoms with Crippen molar-refractivity contribution in [2.45, 2.75) is 162 Å². The zero-order chi connectivity index (χ0) is 51.8.